The first-order valence-corrected chi connectivity index (χ1v) is 8.82. The number of carbonyl (C=O) groups is 2. The molecule has 0 aromatic heterocycles. The third kappa shape index (κ3) is 1.97. The number of rotatable bonds is 3. The number of carbonyl (C=O) groups excluding carboxylic acids is 2. The number of aryl methyl sites for hydroxylation is 1. The average Bonchev–Trinajstić information content (AvgIpc) is 3.40. The molecule has 1 saturated heterocycles. The molecule has 1 aliphatic heterocycles. The number of benzene rings is 1. The second-order valence-corrected chi connectivity index (χ2v) is 7.69. The van der Waals surface area contributed by atoms with E-state index in [1.165, 1.54) is 12.3 Å². The Morgan fingerprint density at radius 2 is 1.77 bits per heavy atom. The molecule has 1 aromatic carbocycles. The van der Waals surface area contributed by atoms with Gasteiger partial charge in [-0.15, -0.1) is 0 Å². The van der Waals surface area contributed by atoms with Gasteiger partial charge in [0.1, 0.15) is 0 Å². The first kappa shape index (κ1) is 15.4. The number of amides is 2. The Labute approximate surface area is 149 Å². The third-order valence-electron chi connectivity index (χ3n) is 6.39. The van der Waals surface area contributed by atoms with Crippen molar-refractivity contribution < 1.29 is 14.5 Å². The van der Waals surface area contributed by atoms with Gasteiger partial charge < -0.3 is 0 Å². The molecule has 4 aliphatic carbocycles. The lowest BCUT2D eigenvalue weighted by molar-refractivity contribution is -0.385. The van der Waals surface area contributed by atoms with Crippen LogP contribution < -0.4 is 0 Å². The highest BCUT2D eigenvalue weighted by atomic mass is 16.6. The summed E-state index contributed by atoms with van der Waals surface area (Å²) in [7, 11) is 0. The lowest BCUT2D eigenvalue weighted by Gasteiger charge is -2.37. The Morgan fingerprint density at radius 3 is 2.35 bits per heavy atom. The number of hydrogen-bond acceptors (Lipinski definition) is 5. The molecule has 1 heterocycles. The van der Waals surface area contributed by atoms with E-state index in [2.05, 4.69) is 17.3 Å². The van der Waals surface area contributed by atoms with E-state index >= 15 is 0 Å². The molecule has 26 heavy (non-hydrogen) atoms. The summed E-state index contributed by atoms with van der Waals surface area (Å²) in [6, 6.07) is 4.71. The lowest BCUT2D eigenvalue weighted by Crippen LogP contribution is -2.40. The zero-order chi connectivity index (χ0) is 18.2. The van der Waals surface area contributed by atoms with Gasteiger partial charge in [-0.25, -0.2) is 0 Å². The number of hydrogen-bond donors (Lipinski definition) is 0. The summed E-state index contributed by atoms with van der Waals surface area (Å²) >= 11 is 0. The topological polar surface area (TPSA) is 92.9 Å². The Balaban J connectivity index is 1.43. The van der Waals surface area contributed by atoms with E-state index in [-0.39, 0.29) is 41.2 Å². The Hall–Kier alpha value is -2.83. The van der Waals surface area contributed by atoms with Gasteiger partial charge in [-0.3, -0.25) is 19.7 Å². The summed E-state index contributed by atoms with van der Waals surface area (Å²) in [5.41, 5.74) is 1.03. The second kappa shape index (κ2) is 5.09. The van der Waals surface area contributed by atoms with Gasteiger partial charge in [0.25, 0.3) is 17.5 Å². The zero-order valence-electron chi connectivity index (χ0n) is 14.1. The fraction of sp³-hybridized carbons (Fsp3) is 0.421. The van der Waals surface area contributed by atoms with Crippen molar-refractivity contribution in [2.45, 2.75) is 13.3 Å². The molecule has 0 radical (unpaired) electrons. The van der Waals surface area contributed by atoms with Gasteiger partial charge in [0, 0.05) is 17.2 Å². The molecule has 0 unspecified atom stereocenters. The van der Waals surface area contributed by atoms with Gasteiger partial charge in [0.15, 0.2) is 0 Å². The van der Waals surface area contributed by atoms with Crippen molar-refractivity contribution in [2.75, 3.05) is 0 Å². The van der Waals surface area contributed by atoms with Crippen molar-refractivity contribution in [1.82, 2.24) is 5.01 Å². The monoisotopic (exact) mass is 351 g/mol. The van der Waals surface area contributed by atoms with E-state index in [1.54, 1.807) is 19.1 Å². The molecule has 7 heteroatoms. The highest BCUT2D eigenvalue weighted by Crippen LogP contribution is 2.65. The van der Waals surface area contributed by atoms with Crippen molar-refractivity contribution in [1.29, 1.82) is 0 Å². The summed E-state index contributed by atoms with van der Waals surface area (Å²) in [5, 5.41) is 16.1. The van der Waals surface area contributed by atoms with Crippen LogP contribution in [0.5, 0.6) is 0 Å². The van der Waals surface area contributed by atoms with Crippen molar-refractivity contribution in [3.63, 3.8) is 0 Å². The average molecular weight is 351 g/mol. The molecule has 2 saturated carbocycles. The van der Waals surface area contributed by atoms with E-state index in [0.29, 0.717) is 23.0 Å². The standard InChI is InChI=1S/C19H17N3O4/c1-9-2-3-10(6-15(9)22(25)26)8-20-21-18(23)16-11-4-5-12(14-7-13(11)14)17(16)19(21)24/h2-6,8,11-14,16-17H,7H2,1H3/b20-8-/t11-,12-,13-,14-,16-,17+/m1/s1. The minimum atomic E-state index is -0.455. The summed E-state index contributed by atoms with van der Waals surface area (Å²) in [4.78, 5) is 36.2. The molecule has 132 valence electrons. The Kier molecular flexibility index (Phi) is 3.02. The Morgan fingerprint density at radius 1 is 1.15 bits per heavy atom. The first-order valence-electron chi connectivity index (χ1n) is 8.82. The molecule has 0 spiro atoms. The fourth-order valence-electron chi connectivity index (χ4n) is 5.08. The molecule has 6 atom stereocenters. The molecule has 5 aliphatic rings. The maximum Gasteiger partial charge on any atom is 0.272 e. The van der Waals surface area contributed by atoms with Crippen LogP contribution in [0.2, 0.25) is 0 Å². The number of hydrazone groups is 1. The lowest BCUT2D eigenvalue weighted by atomic mass is 9.63. The van der Waals surface area contributed by atoms with Crippen LogP contribution in [0.1, 0.15) is 17.5 Å². The highest BCUT2D eigenvalue weighted by Gasteiger charge is 2.67. The molecule has 6 rings (SSSR count). The molecule has 2 bridgehead atoms. The SMILES string of the molecule is Cc1ccc(/C=N\N2C(=O)[C@@H]3[C@@H]4C=C[C@H]([C@H]5C[C@H]45)[C@@H]3C2=O)cc1[N+](=O)[O-]. The maximum atomic E-state index is 12.8. The highest BCUT2D eigenvalue weighted by molar-refractivity contribution is 6.06. The molecule has 3 fully saturated rings. The van der Waals surface area contributed by atoms with Gasteiger partial charge in [0.2, 0.25) is 0 Å². The minimum absolute atomic E-state index is 0.0102. The smallest absolute Gasteiger partial charge is 0.272 e. The third-order valence-corrected chi connectivity index (χ3v) is 6.39. The van der Waals surface area contributed by atoms with Crippen molar-refractivity contribution >= 4 is 23.7 Å². The zero-order valence-corrected chi connectivity index (χ0v) is 14.1. The van der Waals surface area contributed by atoms with Gasteiger partial charge in [-0.2, -0.15) is 10.1 Å². The predicted octanol–water partition coefficient (Wildman–Crippen LogP) is 2.29. The van der Waals surface area contributed by atoms with Crippen LogP contribution >= 0.6 is 0 Å². The van der Waals surface area contributed by atoms with E-state index < -0.39 is 4.92 Å². The van der Waals surface area contributed by atoms with Crippen molar-refractivity contribution in [3.8, 4) is 0 Å². The number of imide groups is 1. The van der Waals surface area contributed by atoms with Gasteiger partial charge >= 0.3 is 0 Å². The maximum absolute atomic E-state index is 12.8. The van der Waals surface area contributed by atoms with Gasteiger partial charge in [0.05, 0.1) is 23.0 Å². The number of nitro benzene ring substituents is 1. The van der Waals surface area contributed by atoms with Crippen molar-refractivity contribution in [3.05, 3.63) is 51.6 Å². The summed E-state index contributed by atoms with van der Waals surface area (Å²) in [5.74, 6) is 0.374. The van der Waals surface area contributed by atoms with Gasteiger partial charge in [-0.05, 0) is 37.0 Å². The van der Waals surface area contributed by atoms with Crippen LogP contribution in [0.25, 0.3) is 0 Å². The normalized spacial score (nSPS) is 36.6. The van der Waals surface area contributed by atoms with E-state index in [9.17, 15) is 19.7 Å². The fourth-order valence-corrected chi connectivity index (χ4v) is 5.08. The van der Waals surface area contributed by atoms with E-state index in [1.807, 2.05) is 0 Å². The molecule has 7 nitrogen and oxygen atoms in total. The largest absolute Gasteiger partial charge is 0.272 e. The first-order chi connectivity index (χ1) is 12.5. The molecule has 1 aromatic rings. The quantitative estimate of drug-likeness (QED) is 0.275. The Bertz CT molecular complexity index is 885. The van der Waals surface area contributed by atoms with E-state index in [0.717, 1.165) is 11.4 Å². The molecular formula is C19H17N3O4. The van der Waals surface area contributed by atoms with Crippen LogP contribution in [-0.2, 0) is 9.59 Å². The minimum Gasteiger partial charge on any atom is -0.272 e. The second-order valence-electron chi connectivity index (χ2n) is 7.69. The van der Waals surface area contributed by atoms with Crippen molar-refractivity contribution in [2.24, 2.45) is 40.6 Å². The summed E-state index contributed by atoms with van der Waals surface area (Å²) < 4.78 is 0. The number of nitro groups is 1. The van der Waals surface area contributed by atoms with E-state index in [4.69, 9.17) is 0 Å². The predicted molar refractivity (Wildman–Crippen MR) is 92.0 cm³/mol. The van der Waals surface area contributed by atoms with Crippen LogP contribution in [0.4, 0.5) is 5.69 Å². The molecule has 2 amide bonds. The van der Waals surface area contributed by atoms with Gasteiger partial charge in [-0.1, -0.05) is 24.3 Å². The van der Waals surface area contributed by atoms with Crippen LogP contribution in [0.3, 0.4) is 0 Å². The number of allylic oxidation sites excluding steroid dienone is 2. The summed E-state index contributed by atoms with van der Waals surface area (Å²) in [6.07, 6.45) is 6.70. The van der Waals surface area contributed by atoms with Crippen LogP contribution in [0.15, 0.2) is 35.5 Å². The number of nitrogens with zero attached hydrogens (tertiary/aromatic N) is 3. The molecule has 0 N–H and O–H groups in total. The van der Waals surface area contributed by atoms with Crippen LogP contribution in [0, 0.1) is 52.5 Å². The summed E-state index contributed by atoms with van der Waals surface area (Å²) in [6.45, 7) is 1.66. The molecular weight excluding hydrogens is 334 g/mol. The van der Waals surface area contributed by atoms with Crippen LogP contribution in [-0.4, -0.2) is 28.0 Å².